The van der Waals surface area contributed by atoms with Crippen molar-refractivity contribution in [2.75, 3.05) is 0 Å². The molecule has 0 aromatic rings. The molecule has 0 bridgehead atoms. The van der Waals surface area contributed by atoms with E-state index < -0.39 is 12.0 Å². The van der Waals surface area contributed by atoms with Crippen LogP contribution in [0.15, 0.2) is 16.8 Å². The van der Waals surface area contributed by atoms with E-state index in [0.29, 0.717) is 6.42 Å². The van der Waals surface area contributed by atoms with Gasteiger partial charge < -0.3 is 10.8 Å². The molecule has 3 N–H and O–H groups in total. The number of allylic oxidation sites excluding steroid dienone is 1. The number of hydrogen-bond acceptors (Lipinski definition) is 3. The molecule has 0 fully saturated rings. The van der Waals surface area contributed by atoms with Crippen molar-refractivity contribution in [3.8, 4) is 0 Å². The van der Waals surface area contributed by atoms with Gasteiger partial charge in [-0.25, -0.2) is 0 Å². The summed E-state index contributed by atoms with van der Waals surface area (Å²) in [6, 6.07) is -0.817. The molecule has 1 unspecified atom stereocenters. The smallest absolute Gasteiger partial charge is 0.320 e. The highest BCUT2D eigenvalue weighted by atomic mass is 16.4. The molecular formula is C8H12N2O2. The van der Waals surface area contributed by atoms with Crippen molar-refractivity contribution in [1.82, 2.24) is 0 Å². The summed E-state index contributed by atoms with van der Waals surface area (Å²) in [5.41, 5.74) is 7.36. The highest BCUT2D eigenvalue weighted by molar-refractivity contribution is 5.92. The molecule has 0 radical (unpaired) electrons. The number of carbonyl (C=O) groups is 1. The molecule has 1 atom stereocenters. The van der Waals surface area contributed by atoms with Gasteiger partial charge in [0.15, 0.2) is 0 Å². The Morgan fingerprint density at radius 3 is 3.00 bits per heavy atom. The maximum absolute atomic E-state index is 10.4. The largest absolute Gasteiger partial charge is 0.480 e. The first kappa shape index (κ1) is 8.93. The zero-order chi connectivity index (χ0) is 9.14. The van der Waals surface area contributed by atoms with Gasteiger partial charge in [0, 0.05) is 24.8 Å². The molecule has 0 spiro atoms. The van der Waals surface area contributed by atoms with E-state index in [1.807, 2.05) is 6.92 Å². The fourth-order valence-corrected chi connectivity index (χ4v) is 1.08. The molecule has 1 heterocycles. The molecule has 0 amide bonds. The summed E-state index contributed by atoms with van der Waals surface area (Å²) >= 11 is 0. The topological polar surface area (TPSA) is 75.7 Å². The summed E-state index contributed by atoms with van der Waals surface area (Å²) in [5.74, 6) is -0.970. The number of hydrogen-bond donors (Lipinski definition) is 2. The van der Waals surface area contributed by atoms with Gasteiger partial charge in [-0.3, -0.25) is 9.79 Å². The lowest BCUT2D eigenvalue weighted by Crippen LogP contribution is -2.32. The summed E-state index contributed by atoms with van der Waals surface area (Å²) in [5, 5.41) is 8.51. The Morgan fingerprint density at radius 2 is 2.58 bits per heavy atom. The molecule has 4 nitrogen and oxygen atoms in total. The van der Waals surface area contributed by atoms with Gasteiger partial charge in [-0.2, -0.15) is 0 Å². The van der Waals surface area contributed by atoms with E-state index in [0.717, 1.165) is 17.7 Å². The summed E-state index contributed by atoms with van der Waals surface area (Å²) in [7, 11) is 0. The molecule has 0 aromatic heterocycles. The predicted octanol–water partition coefficient (Wildman–Crippen LogP) is 0.537. The molecule has 0 saturated heterocycles. The number of aliphatic carboxylic acids is 1. The molecule has 66 valence electrons. The third-order valence-corrected chi connectivity index (χ3v) is 1.72. The van der Waals surface area contributed by atoms with Crippen LogP contribution in [0, 0.1) is 0 Å². The highest BCUT2D eigenvalue weighted by Gasteiger charge is 2.16. The van der Waals surface area contributed by atoms with E-state index in [-0.39, 0.29) is 0 Å². The summed E-state index contributed by atoms with van der Waals surface area (Å²) < 4.78 is 0. The van der Waals surface area contributed by atoms with Crippen LogP contribution in [0.2, 0.25) is 0 Å². The Bertz CT molecular complexity index is 256. The van der Waals surface area contributed by atoms with Gasteiger partial charge >= 0.3 is 5.97 Å². The van der Waals surface area contributed by atoms with Crippen LogP contribution < -0.4 is 5.73 Å². The van der Waals surface area contributed by atoms with E-state index in [1.165, 1.54) is 0 Å². The van der Waals surface area contributed by atoms with E-state index in [2.05, 4.69) is 4.99 Å². The fraction of sp³-hybridized carbons (Fsp3) is 0.500. The zero-order valence-electron chi connectivity index (χ0n) is 6.95. The summed E-state index contributed by atoms with van der Waals surface area (Å²) in [6.07, 6.45) is 2.87. The van der Waals surface area contributed by atoms with Crippen LogP contribution in [0.3, 0.4) is 0 Å². The van der Waals surface area contributed by atoms with Crippen LogP contribution in [0.4, 0.5) is 0 Å². The predicted molar refractivity (Wildman–Crippen MR) is 46.0 cm³/mol. The van der Waals surface area contributed by atoms with E-state index in [9.17, 15) is 4.79 Å². The number of rotatable bonds is 3. The molecule has 12 heavy (non-hydrogen) atoms. The number of aliphatic imine (C=N–C) groups is 1. The second-order valence-electron chi connectivity index (χ2n) is 3.00. The highest BCUT2D eigenvalue weighted by Crippen LogP contribution is 2.13. The van der Waals surface area contributed by atoms with Gasteiger partial charge in [0.25, 0.3) is 0 Å². The minimum absolute atomic E-state index is 0.350. The van der Waals surface area contributed by atoms with Gasteiger partial charge in [-0.05, 0) is 12.5 Å². The quantitative estimate of drug-likeness (QED) is 0.645. The molecule has 0 aromatic carbocycles. The van der Waals surface area contributed by atoms with Crippen LogP contribution in [0.25, 0.3) is 0 Å². The van der Waals surface area contributed by atoms with Crippen LogP contribution in [0.5, 0.6) is 0 Å². The normalized spacial score (nSPS) is 18.5. The molecule has 1 rings (SSSR count). The lowest BCUT2D eigenvalue weighted by molar-refractivity contribution is -0.138. The van der Waals surface area contributed by atoms with Crippen molar-refractivity contribution in [3.63, 3.8) is 0 Å². The van der Waals surface area contributed by atoms with Crippen molar-refractivity contribution in [2.24, 2.45) is 10.7 Å². The lowest BCUT2D eigenvalue weighted by Gasteiger charge is -2.05. The first-order valence-corrected chi connectivity index (χ1v) is 3.79. The van der Waals surface area contributed by atoms with Crippen LogP contribution in [-0.4, -0.2) is 22.8 Å². The minimum atomic E-state index is -0.970. The monoisotopic (exact) mass is 168 g/mol. The van der Waals surface area contributed by atoms with Crippen molar-refractivity contribution in [2.45, 2.75) is 25.8 Å². The van der Waals surface area contributed by atoms with Crippen LogP contribution in [-0.2, 0) is 4.79 Å². The van der Waals surface area contributed by atoms with E-state index in [1.54, 1.807) is 6.20 Å². The van der Waals surface area contributed by atoms with Crippen molar-refractivity contribution < 1.29 is 9.90 Å². The van der Waals surface area contributed by atoms with Gasteiger partial charge in [0.2, 0.25) is 0 Å². The Kier molecular flexibility index (Phi) is 2.60. The molecule has 0 saturated carbocycles. The Hall–Kier alpha value is -1.16. The fourth-order valence-electron chi connectivity index (χ4n) is 1.08. The average molecular weight is 168 g/mol. The second-order valence-corrected chi connectivity index (χ2v) is 3.00. The van der Waals surface area contributed by atoms with Gasteiger partial charge in [-0.1, -0.05) is 0 Å². The van der Waals surface area contributed by atoms with Crippen LogP contribution >= 0.6 is 0 Å². The zero-order valence-corrected chi connectivity index (χ0v) is 6.95. The Balaban J connectivity index is 2.40. The number of nitrogens with two attached hydrogens (primary N) is 1. The third-order valence-electron chi connectivity index (χ3n) is 1.72. The summed E-state index contributed by atoms with van der Waals surface area (Å²) in [4.78, 5) is 14.4. The first-order valence-electron chi connectivity index (χ1n) is 3.79. The van der Waals surface area contributed by atoms with Gasteiger partial charge in [0.1, 0.15) is 6.04 Å². The van der Waals surface area contributed by atoms with E-state index >= 15 is 0 Å². The molecule has 0 aliphatic carbocycles. The third kappa shape index (κ3) is 2.17. The Morgan fingerprint density at radius 1 is 1.92 bits per heavy atom. The van der Waals surface area contributed by atoms with Gasteiger partial charge in [-0.15, -0.1) is 0 Å². The summed E-state index contributed by atoms with van der Waals surface area (Å²) in [6.45, 7) is 1.96. The van der Waals surface area contributed by atoms with Gasteiger partial charge in [0.05, 0.1) is 0 Å². The maximum Gasteiger partial charge on any atom is 0.320 e. The molecule has 1 aliphatic heterocycles. The standard InChI is InChI=1S/C8H12N2O2/c1-5-2-6(10-4-5)3-7(9)8(11)12/h4,7H,2-3,9H2,1H3,(H,11,12). The van der Waals surface area contributed by atoms with Crippen molar-refractivity contribution >= 4 is 11.7 Å². The van der Waals surface area contributed by atoms with Crippen molar-refractivity contribution in [1.29, 1.82) is 0 Å². The lowest BCUT2D eigenvalue weighted by atomic mass is 10.1. The first-order chi connectivity index (χ1) is 5.59. The maximum atomic E-state index is 10.4. The minimum Gasteiger partial charge on any atom is -0.480 e. The number of carboxylic acids is 1. The number of nitrogens with zero attached hydrogens (tertiary/aromatic N) is 1. The van der Waals surface area contributed by atoms with Crippen LogP contribution in [0.1, 0.15) is 19.8 Å². The molecule has 1 aliphatic rings. The number of carboxylic acid groups (broad SMARTS) is 1. The SMILES string of the molecule is CC1=CN=C(CC(N)C(=O)O)C1. The second kappa shape index (κ2) is 3.49. The Labute approximate surface area is 70.8 Å². The molecule has 4 heteroatoms. The van der Waals surface area contributed by atoms with Crippen molar-refractivity contribution in [3.05, 3.63) is 11.8 Å². The van der Waals surface area contributed by atoms with E-state index in [4.69, 9.17) is 10.8 Å². The average Bonchev–Trinajstić information content (AvgIpc) is 2.35. The molecular weight excluding hydrogens is 156 g/mol.